The number of hydrogen-bond donors (Lipinski definition) is 0. The lowest BCUT2D eigenvalue weighted by atomic mass is 10.1. The zero-order valence-corrected chi connectivity index (χ0v) is 17.0. The lowest BCUT2D eigenvalue weighted by molar-refractivity contribution is -0.384. The molecule has 1 aliphatic rings. The Morgan fingerprint density at radius 1 is 0.848 bits per heavy atom. The van der Waals surface area contributed by atoms with Gasteiger partial charge in [0.2, 0.25) is 0 Å². The maximum Gasteiger partial charge on any atom is 0.343 e. The van der Waals surface area contributed by atoms with Crippen molar-refractivity contribution in [1.29, 1.82) is 0 Å². The fourth-order valence-corrected chi connectivity index (χ4v) is 3.31. The van der Waals surface area contributed by atoms with Gasteiger partial charge in [0.15, 0.2) is 5.75 Å². The molecular formula is C23H14N2O8. The van der Waals surface area contributed by atoms with Crippen LogP contribution in [0, 0.1) is 10.1 Å². The number of rotatable bonds is 5. The van der Waals surface area contributed by atoms with Gasteiger partial charge in [-0.3, -0.25) is 19.7 Å². The van der Waals surface area contributed by atoms with E-state index < -0.39 is 28.7 Å². The molecule has 10 nitrogen and oxygen atoms in total. The monoisotopic (exact) mass is 446 g/mol. The lowest BCUT2D eigenvalue weighted by Crippen LogP contribution is -2.30. The van der Waals surface area contributed by atoms with Crippen molar-refractivity contribution in [1.82, 2.24) is 0 Å². The molecule has 3 aromatic rings. The average Bonchev–Trinajstić information content (AvgIpc) is 3.09. The number of fused-ring (bicyclic) bond motifs is 1. The van der Waals surface area contributed by atoms with Crippen molar-refractivity contribution in [2.75, 3.05) is 12.0 Å². The van der Waals surface area contributed by atoms with Gasteiger partial charge in [-0.25, -0.2) is 14.5 Å². The number of imide groups is 1. The summed E-state index contributed by atoms with van der Waals surface area (Å²) >= 11 is 0. The molecule has 10 heteroatoms. The smallest absolute Gasteiger partial charge is 0.343 e. The molecule has 0 aliphatic carbocycles. The van der Waals surface area contributed by atoms with E-state index in [-0.39, 0.29) is 39.4 Å². The predicted molar refractivity (Wildman–Crippen MR) is 113 cm³/mol. The number of anilines is 1. The highest BCUT2D eigenvalue weighted by molar-refractivity contribution is 6.35. The zero-order chi connectivity index (χ0) is 23.7. The van der Waals surface area contributed by atoms with Crippen LogP contribution in [0.25, 0.3) is 0 Å². The van der Waals surface area contributed by atoms with Crippen molar-refractivity contribution < 1.29 is 33.6 Å². The first-order chi connectivity index (χ1) is 15.8. The predicted octanol–water partition coefficient (Wildman–Crippen LogP) is 3.40. The molecule has 4 rings (SSSR count). The molecule has 0 bridgehead atoms. The number of esters is 2. The van der Waals surface area contributed by atoms with Crippen LogP contribution >= 0.6 is 0 Å². The lowest BCUT2D eigenvalue weighted by Gasteiger charge is -2.18. The van der Waals surface area contributed by atoms with Crippen molar-refractivity contribution in [2.45, 2.75) is 0 Å². The number of ether oxygens (including phenoxy) is 2. The van der Waals surface area contributed by atoms with Gasteiger partial charge >= 0.3 is 11.9 Å². The normalized spacial score (nSPS) is 12.3. The standard InChI is InChI=1S/C23H14N2O8/c1-32-22(28)14-8-11-19(33-23(29)13-6-9-15(10-7-13)25(30)31)18(12-14)24-20(26)16-4-2-3-5-17(16)21(24)27/h2-12H,1H3. The first-order valence-electron chi connectivity index (χ1n) is 9.48. The Morgan fingerprint density at radius 2 is 1.42 bits per heavy atom. The van der Waals surface area contributed by atoms with E-state index in [9.17, 15) is 29.3 Å². The van der Waals surface area contributed by atoms with Crippen LogP contribution < -0.4 is 9.64 Å². The van der Waals surface area contributed by atoms with Gasteiger partial charge in [-0.2, -0.15) is 0 Å². The molecular weight excluding hydrogens is 432 g/mol. The average molecular weight is 446 g/mol. The number of nitro groups is 1. The second-order valence-corrected chi connectivity index (χ2v) is 6.86. The van der Waals surface area contributed by atoms with Crippen molar-refractivity contribution in [3.05, 3.63) is 99.1 Å². The Labute approximate surface area is 186 Å². The number of carbonyl (C=O) groups excluding carboxylic acids is 4. The van der Waals surface area contributed by atoms with Crippen LogP contribution in [0.5, 0.6) is 5.75 Å². The molecule has 0 spiro atoms. The van der Waals surface area contributed by atoms with E-state index in [4.69, 9.17) is 9.47 Å². The molecule has 33 heavy (non-hydrogen) atoms. The summed E-state index contributed by atoms with van der Waals surface area (Å²) < 4.78 is 10.1. The highest BCUT2D eigenvalue weighted by atomic mass is 16.6. The Bertz CT molecular complexity index is 1300. The summed E-state index contributed by atoms with van der Waals surface area (Å²) in [6.07, 6.45) is 0. The topological polar surface area (TPSA) is 133 Å². The molecule has 1 aliphatic heterocycles. The Kier molecular flexibility index (Phi) is 5.41. The Balaban J connectivity index is 1.74. The van der Waals surface area contributed by atoms with E-state index >= 15 is 0 Å². The van der Waals surface area contributed by atoms with Gasteiger partial charge in [0.25, 0.3) is 17.5 Å². The maximum absolute atomic E-state index is 13.0. The molecule has 0 aromatic heterocycles. The van der Waals surface area contributed by atoms with Crippen LogP contribution in [-0.4, -0.2) is 35.8 Å². The van der Waals surface area contributed by atoms with E-state index in [1.165, 1.54) is 49.6 Å². The third-order valence-electron chi connectivity index (χ3n) is 4.93. The molecule has 3 aromatic carbocycles. The summed E-state index contributed by atoms with van der Waals surface area (Å²) in [6, 6.07) is 14.7. The summed E-state index contributed by atoms with van der Waals surface area (Å²) in [5, 5.41) is 10.8. The van der Waals surface area contributed by atoms with Crippen molar-refractivity contribution in [3.8, 4) is 5.75 Å². The van der Waals surface area contributed by atoms with Crippen LogP contribution in [0.2, 0.25) is 0 Å². The van der Waals surface area contributed by atoms with E-state index in [1.807, 2.05) is 0 Å². The van der Waals surface area contributed by atoms with Gasteiger partial charge in [-0.1, -0.05) is 12.1 Å². The molecule has 0 N–H and O–H groups in total. The van der Waals surface area contributed by atoms with Gasteiger partial charge in [0.1, 0.15) is 0 Å². The highest BCUT2D eigenvalue weighted by Gasteiger charge is 2.38. The summed E-state index contributed by atoms with van der Waals surface area (Å²) in [5.74, 6) is -3.06. The number of nitrogens with zero attached hydrogens (tertiary/aromatic N) is 2. The Morgan fingerprint density at radius 3 is 1.97 bits per heavy atom. The summed E-state index contributed by atoms with van der Waals surface area (Å²) in [5.41, 5.74) is 0.0300. The number of carbonyl (C=O) groups is 4. The van der Waals surface area contributed by atoms with E-state index in [0.717, 1.165) is 17.0 Å². The first kappa shape index (κ1) is 21.4. The van der Waals surface area contributed by atoms with E-state index in [2.05, 4.69) is 0 Å². The third kappa shape index (κ3) is 3.81. The van der Waals surface area contributed by atoms with Gasteiger partial charge < -0.3 is 9.47 Å². The number of amides is 2. The van der Waals surface area contributed by atoms with Crippen LogP contribution in [0.4, 0.5) is 11.4 Å². The zero-order valence-electron chi connectivity index (χ0n) is 17.0. The summed E-state index contributed by atoms with van der Waals surface area (Å²) in [6.45, 7) is 0. The highest BCUT2D eigenvalue weighted by Crippen LogP contribution is 2.36. The van der Waals surface area contributed by atoms with Gasteiger partial charge in [0.05, 0.1) is 40.0 Å². The van der Waals surface area contributed by atoms with Crippen LogP contribution in [0.3, 0.4) is 0 Å². The second kappa shape index (κ2) is 8.35. The Hall–Kier alpha value is -4.86. The molecule has 0 atom stereocenters. The van der Waals surface area contributed by atoms with Crippen molar-refractivity contribution in [3.63, 3.8) is 0 Å². The molecule has 0 radical (unpaired) electrons. The summed E-state index contributed by atoms with van der Waals surface area (Å²) in [7, 11) is 1.17. The number of methoxy groups -OCH3 is 1. The first-order valence-corrected chi connectivity index (χ1v) is 9.48. The van der Waals surface area contributed by atoms with Crippen LogP contribution in [0.15, 0.2) is 66.7 Å². The molecule has 164 valence electrons. The van der Waals surface area contributed by atoms with E-state index in [0.29, 0.717) is 0 Å². The van der Waals surface area contributed by atoms with Crippen molar-refractivity contribution >= 4 is 35.1 Å². The molecule has 1 heterocycles. The van der Waals surface area contributed by atoms with Crippen LogP contribution in [-0.2, 0) is 4.74 Å². The molecule has 0 unspecified atom stereocenters. The quantitative estimate of drug-likeness (QED) is 0.191. The van der Waals surface area contributed by atoms with E-state index in [1.54, 1.807) is 12.1 Å². The molecule has 0 saturated heterocycles. The third-order valence-corrected chi connectivity index (χ3v) is 4.93. The fraction of sp³-hybridized carbons (Fsp3) is 0.0435. The number of non-ortho nitro benzene ring substituents is 1. The number of nitro benzene ring substituents is 1. The molecule has 2 amide bonds. The molecule has 0 saturated carbocycles. The SMILES string of the molecule is COC(=O)c1ccc(OC(=O)c2ccc([N+](=O)[O-])cc2)c(N2C(=O)c3ccccc3C2=O)c1. The fourth-order valence-electron chi connectivity index (χ4n) is 3.31. The van der Waals surface area contributed by atoms with Gasteiger partial charge in [0, 0.05) is 12.1 Å². The van der Waals surface area contributed by atoms with Crippen molar-refractivity contribution in [2.24, 2.45) is 0 Å². The number of hydrogen-bond acceptors (Lipinski definition) is 8. The van der Waals surface area contributed by atoms with Gasteiger partial charge in [-0.15, -0.1) is 0 Å². The van der Waals surface area contributed by atoms with Crippen LogP contribution in [0.1, 0.15) is 41.4 Å². The molecule has 0 fully saturated rings. The minimum atomic E-state index is -0.881. The van der Waals surface area contributed by atoms with Gasteiger partial charge in [-0.05, 0) is 42.5 Å². The largest absolute Gasteiger partial charge is 0.465 e. The minimum Gasteiger partial charge on any atom is -0.465 e. The second-order valence-electron chi connectivity index (χ2n) is 6.86. The maximum atomic E-state index is 13.0. The number of benzene rings is 3. The minimum absolute atomic E-state index is 0.00551. The summed E-state index contributed by atoms with van der Waals surface area (Å²) in [4.78, 5) is 61.6.